The van der Waals surface area contributed by atoms with Crippen molar-refractivity contribution in [1.82, 2.24) is 15.4 Å². The summed E-state index contributed by atoms with van der Waals surface area (Å²) in [5.74, 6) is 1.00. The molecular weight excluding hydrogens is 226 g/mol. The van der Waals surface area contributed by atoms with E-state index in [4.69, 9.17) is 4.52 Å². The molecule has 1 aromatic rings. The van der Waals surface area contributed by atoms with E-state index in [1.165, 1.54) is 25.7 Å². The molecule has 2 aliphatic rings. The number of hydrogen-bond donors (Lipinski definition) is 1. The summed E-state index contributed by atoms with van der Waals surface area (Å²) in [4.78, 5) is 2.55. The van der Waals surface area contributed by atoms with Crippen molar-refractivity contribution in [1.29, 1.82) is 0 Å². The molecule has 0 amide bonds. The van der Waals surface area contributed by atoms with Gasteiger partial charge in [0.1, 0.15) is 0 Å². The Bertz CT molecular complexity index is 391. The van der Waals surface area contributed by atoms with Crippen LogP contribution in [-0.4, -0.2) is 34.7 Å². The van der Waals surface area contributed by atoms with Crippen molar-refractivity contribution in [2.75, 3.05) is 6.54 Å². The Kier molecular flexibility index (Phi) is 3.39. The summed E-state index contributed by atoms with van der Waals surface area (Å²) in [5, 5.41) is 7.68. The second-order valence-electron chi connectivity index (χ2n) is 5.76. The van der Waals surface area contributed by atoms with Crippen LogP contribution in [0.4, 0.5) is 0 Å². The Labute approximate surface area is 109 Å². The van der Waals surface area contributed by atoms with Crippen LogP contribution in [0.2, 0.25) is 0 Å². The highest BCUT2D eigenvalue weighted by Gasteiger charge is 2.35. The van der Waals surface area contributed by atoms with Crippen LogP contribution in [0.15, 0.2) is 10.6 Å². The first kappa shape index (κ1) is 12.2. The summed E-state index contributed by atoms with van der Waals surface area (Å²) in [6, 6.07) is 4.26. The van der Waals surface area contributed by atoms with Gasteiger partial charge in [0.15, 0.2) is 5.76 Å². The Balaban J connectivity index is 1.65. The van der Waals surface area contributed by atoms with E-state index in [1.54, 1.807) is 0 Å². The molecular formula is C14H23N3O. The number of aryl methyl sites for hydroxylation is 1. The Morgan fingerprint density at radius 1 is 1.39 bits per heavy atom. The minimum absolute atomic E-state index is 0.708. The van der Waals surface area contributed by atoms with E-state index in [2.05, 4.69) is 28.4 Å². The molecule has 3 rings (SSSR count). The maximum absolute atomic E-state index is 5.35. The fourth-order valence-corrected chi connectivity index (χ4v) is 3.52. The third-order valence-electron chi connectivity index (χ3n) is 4.41. The van der Waals surface area contributed by atoms with E-state index in [1.807, 2.05) is 6.92 Å². The molecule has 3 heterocycles. The van der Waals surface area contributed by atoms with Crippen LogP contribution in [0.3, 0.4) is 0 Å². The Hall–Kier alpha value is -0.870. The zero-order chi connectivity index (χ0) is 12.5. The van der Waals surface area contributed by atoms with E-state index < -0.39 is 0 Å². The monoisotopic (exact) mass is 249 g/mol. The van der Waals surface area contributed by atoms with Gasteiger partial charge in [-0.2, -0.15) is 0 Å². The van der Waals surface area contributed by atoms with Crippen molar-refractivity contribution in [2.24, 2.45) is 0 Å². The molecule has 100 valence electrons. The van der Waals surface area contributed by atoms with Crippen LogP contribution in [0.5, 0.6) is 0 Å². The van der Waals surface area contributed by atoms with Gasteiger partial charge < -0.3 is 9.84 Å². The largest absolute Gasteiger partial charge is 0.360 e. The lowest BCUT2D eigenvalue weighted by Gasteiger charge is -2.36. The third-order valence-corrected chi connectivity index (χ3v) is 4.41. The quantitative estimate of drug-likeness (QED) is 0.887. The molecule has 0 spiro atoms. The number of piperidine rings is 1. The highest BCUT2D eigenvalue weighted by atomic mass is 16.5. The second-order valence-corrected chi connectivity index (χ2v) is 5.76. The average molecular weight is 249 g/mol. The molecule has 4 heteroatoms. The minimum atomic E-state index is 0.708. The van der Waals surface area contributed by atoms with Crippen molar-refractivity contribution >= 4 is 0 Å². The van der Waals surface area contributed by atoms with Gasteiger partial charge in [0.2, 0.25) is 0 Å². The summed E-state index contributed by atoms with van der Waals surface area (Å²) in [7, 11) is 0. The minimum Gasteiger partial charge on any atom is -0.360 e. The molecule has 1 aromatic heterocycles. The van der Waals surface area contributed by atoms with Crippen molar-refractivity contribution in [3.05, 3.63) is 17.5 Å². The zero-order valence-corrected chi connectivity index (χ0v) is 11.4. The summed E-state index contributed by atoms with van der Waals surface area (Å²) in [6.45, 7) is 6.21. The Morgan fingerprint density at radius 3 is 2.67 bits per heavy atom. The zero-order valence-electron chi connectivity index (χ0n) is 11.4. The molecule has 2 bridgehead atoms. The van der Waals surface area contributed by atoms with Crippen LogP contribution in [-0.2, 0) is 6.54 Å². The number of fused-ring (bicyclic) bond motifs is 2. The predicted octanol–water partition coefficient (Wildman–Crippen LogP) is 2.09. The number of nitrogens with one attached hydrogen (secondary N) is 1. The number of nitrogens with zero attached hydrogens (tertiary/aromatic N) is 2. The van der Waals surface area contributed by atoms with Gasteiger partial charge in [-0.05, 0) is 39.2 Å². The molecule has 18 heavy (non-hydrogen) atoms. The standard InChI is InChI=1S/C14H23N3O/c1-3-17(9-14-6-10(2)16-18-14)13-7-11-4-5-12(8-13)15-11/h6,11-13,15H,3-5,7-9H2,1-2H3. The third kappa shape index (κ3) is 2.45. The van der Waals surface area contributed by atoms with Gasteiger partial charge in [-0.15, -0.1) is 0 Å². The second kappa shape index (κ2) is 5.02. The van der Waals surface area contributed by atoms with Crippen molar-refractivity contribution < 1.29 is 4.52 Å². The van der Waals surface area contributed by atoms with Gasteiger partial charge in [0.05, 0.1) is 12.2 Å². The van der Waals surface area contributed by atoms with Gasteiger partial charge in [-0.25, -0.2) is 0 Å². The first-order valence-electron chi connectivity index (χ1n) is 7.17. The SMILES string of the molecule is CCN(Cc1cc(C)no1)C1CC2CCC(C1)N2. The van der Waals surface area contributed by atoms with Gasteiger partial charge >= 0.3 is 0 Å². The predicted molar refractivity (Wildman–Crippen MR) is 70.3 cm³/mol. The van der Waals surface area contributed by atoms with Crippen LogP contribution in [0, 0.1) is 6.92 Å². The lowest BCUT2D eigenvalue weighted by atomic mass is 9.98. The molecule has 0 aromatic carbocycles. The summed E-state index contributed by atoms with van der Waals surface area (Å²) in [5.41, 5.74) is 0.978. The van der Waals surface area contributed by atoms with Crippen LogP contribution < -0.4 is 5.32 Å². The molecule has 2 unspecified atom stereocenters. The first-order valence-corrected chi connectivity index (χ1v) is 7.17. The smallest absolute Gasteiger partial charge is 0.150 e. The van der Waals surface area contributed by atoms with Crippen LogP contribution in [0.1, 0.15) is 44.1 Å². The molecule has 2 saturated heterocycles. The fraction of sp³-hybridized carbons (Fsp3) is 0.786. The van der Waals surface area contributed by atoms with Crippen molar-refractivity contribution in [3.8, 4) is 0 Å². The molecule has 2 aliphatic heterocycles. The van der Waals surface area contributed by atoms with E-state index in [0.717, 1.165) is 36.6 Å². The summed E-state index contributed by atoms with van der Waals surface area (Å²) in [6.07, 6.45) is 5.30. The molecule has 4 nitrogen and oxygen atoms in total. The van der Waals surface area contributed by atoms with Crippen LogP contribution in [0.25, 0.3) is 0 Å². The normalized spacial score (nSPS) is 31.2. The molecule has 2 fully saturated rings. The average Bonchev–Trinajstić information content (AvgIpc) is 2.92. The lowest BCUT2D eigenvalue weighted by Crippen LogP contribution is -2.47. The highest BCUT2D eigenvalue weighted by molar-refractivity contribution is 5.04. The number of rotatable bonds is 4. The van der Waals surface area contributed by atoms with E-state index in [-0.39, 0.29) is 0 Å². The van der Waals surface area contributed by atoms with Crippen molar-refractivity contribution in [2.45, 2.75) is 64.2 Å². The van der Waals surface area contributed by atoms with Gasteiger partial charge in [-0.1, -0.05) is 12.1 Å². The first-order chi connectivity index (χ1) is 8.74. The van der Waals surface area contributed by atoms with Crippen molar-refractivity contribution in [3.63, 3.8) is 0 Å². The lowest BCUT2D eigenvalue weighted by molar-refractivity contribution is 0.128. The molecule has 0 radical (unpaired) electrons. The molecule has 1 N–H and O–H groups in total. The van der Waals surface area contributed by atoms with Gasteiger partial charge in [0.25, 0.3) is 0 Å². The highest BCUT2D eigenvalue weighted by Crippen LogP contribution is 2.30. The van der Waals surface area contributed by atoms with E-state index >= 15 is 0 Å². The van der Waals surface area contributed by atoms with E-state index in [9.17, 15) is 0 Å². The molecule has 2 atom stereocenters. The topological polar surface area (TPSA) is 41.3 Å². The maximum Gasteiger partial charge on any atom is 0.150 e. The summed E-state index contributed by atoms with van der Waals surface area (Å²) < 4.78 is 5.35. The van der Waals surface area contributed by atoms with Gasteiger partial charge in [-0.3, -0.25) is 4.90 Å². The number of hydrogen-bond acceptors (Lipinski definition) is 4. The summed E-state index contributed by atoms with van der Waals surface area (Å²) >= 11 is 0. The molecule has 0 aliphatic carbocycles. The fourth-order valence-electron chi connectivity index (χ4n) is 3.52. The maximum atomic E-state index is 5.35. The number of aromatic nitrogens is 1. The van der Waals surface area contributed by atoms with E-state index in [0.29, 0.717) is 6.04 Å². The molecule has 0 saturated carbocycles. The Morgan fingerprint density at radius 2 is 2.11 bits per heavy atom. The van der Waals surface area contributed by atoms with Gasteiger partial charge in [0, 0.05) is 24.2 Å². The van der Waals surface area contributed by atoms with Crippen LogP contribution >= 0.6 is 0 Å².